The third-order valence-electron chi connectivity index (χ3n) is 0.883. The van der Waals surface area contributed by atoms with Crippen LogP contribution in [0.15, 0.2) is 0 Å². The molecule has 0 aromatic heterocycles. The maximum absolute atomic E-state index is 10.8. The lowest BCUT2D eigenvalue weighted by atomic mass is 10.8. The maximum atomic E-state index is 10.8. The molecule has 0 aliphatic heterocycles. The van der Waals surface area contributed by atoms with E-state index >= 15 is 0 Å². The Labute approximate surface area is 71.0 Å². The van der Waals surface area contributed by atoms with Crippen molar-refractivity contribution in [3.63, 3.8) is 0 Å². The van der Waals surface area contributed by atoms with Crippen LogP contribution in [0.3, 0.4) is 0 Å². The highest BCUT2D eigenvalue weighted by Crippen LogP contribution is 1.89. The third kappa shape index (κ3) is 6.16. The third-order valence-corrected chi connectivity index (χ3v) is 2.65. The van der Waals surface area contributed by atoms with Crippen molar-refractivity contribution in [1.29, 1.82) is 5.26 Å². The molecule has 0 rings (SSSR count). The average Bonchev–Trinajstić information content (AvgIpc) is 1.87. The van der Waals surface area contributed by atoms with Gasteiger partial charge in [0.05, 0.1) is 6.07 Å². The van der Waals surface area contributed by atoms with Crippen molar-refractivity contribution in [2.75, 3.05) is 24.3 Å². The van der Waals surface area contributed by atoms with E-state index in [9.17, 15) is 8.42 Å². The first kappa shape index (κ1) is 10.8. The second kappa shape index (κ2) is 5.41. The number of nitrogens with zero attached hydrogens (tertiary/aromatic N) is 1. The van der Waals surface area contributed by atoms with Gasteiger partial charge in [0.15, 0.2) is 5.75 Å². The lowest BCUT2D eigenvalue weighted by molar-refractivity contribution is 0.587. The lowest BCUT2D eigenvalue weighted by Gasteiger charge is -1.99. The quantitative estimate of drug-likeness (QED) is 0.615. The van der Waals surface area contributed by atoms with E-state index in [4.69, 9.17) is 5.26 Å². The van der Waals surface area contributed by atoms with Gasteiger partial charge >= 0.3 is 0 Å². The number of thioether (sulfide) groups is 1. The summed E-state index contributed by atoms with van der Waals surface area (Å²) in [6.45, 7) is 0.394. The van der Waals surface area contributed by atoms with E-state index in [1.807, 2.05) is 6.26 Å². The van der Waals surface area contributed by atoms with Crippen LogP contribution >= 0.6 is 11.8 Å². The second-order valence-corrected chi connectivity index (χ2v) is 4.60. The van der Waals surface area contributed by atoms with Gasteiger partial charge in [-0.05, 0) is 6.26 Å². The van der Waals surface area contributed by atoms with Crippen LogP contribution in [0.25, 0.3) is 0 Å². The molecular formula is C5H10N2O2S2. The molecule has 0 aromatic rings. The van der Waals surface area contributed by atoms with Gasteiger partial charge in [-0.1, -0.05) is 0 Å². The van der Waals surface area contributed by atoms with Gasteiger partial charge in [-0.3, -0.25) is 0 Å². The van der Waals surface area contributed by atoms with Gasteiger partial charge in [-0.2, -0.15) is 17.0 Å². The summed E-state index contributed by atoms with van der Waals surface area (Å²) < 4.78 is 23.8. The topological polar surface area (TPSA) is 70.0 Å². The van der Waals surface area contributed by atoms with E-state index in [1.54, 1.807) is 17.8 Å². The molecule has 0 aliphatic rings. The van der Waals surface area contributed by atoms with Crippen molar-refractivity contribution in [3.05, 3.63) is 0 Å². The molecule has 64 valence electrons. The van der Waals surface area contributed by atoms with Gasteiger partial charge in [0.25, 0.3) is 0 Å². The maximum Gasteiger partial charge on any atom is 0.225 e. The summed E-state index contributed by atoms with van der Waals surface area (Å²) in [4.78, 5) is 0. The number of sulfonamides is 1. The van der Waals surface area contributed by atoms with E-state index in [2.05, 4.69) is 4.72 Å². The molecular weight excluding hydrogens is 184 g/mol. The van der Waals surface area contributed by atoms with Gasteiger partial charge in [0.1, 0.15) is 0 Å². The van der Waals surface area contributed by atoms with Crippen molar-refractivity contribution in [1.82, 2.24) is 4.72 Å². The molecule has 0 saturated carbocycles. The van der Waals surface area contributed by atoms with E-state index < -0.39 is 15.8 Å². The zero-order valence-electron chi connectivity index (χ0n) is 6.20. The number of nitriles is 1. The van der Waals surface area contributed by atoms with E-state index in [0.717, 1.165) is 5.75 Å². The normalized spacial score (nSPS) is 10.9. The molecule has 0 bridgehead atoms. The van der Waals surface area contributed by atoms with Crippen molar-refractivity contribution in [2.45, 2.75) is 0 Å². The minimum absolute atomic E-state index is 0.394. The molecule has 0 atom stereocenters. The molecule has 11 heavy (non-hydrogen) atoms. The number of rotatable bonds is 5. The summed E-state index contributed by atoms with van der Waals surface area (Å²) in [7, 11) is -3.33. The summed E-state index contributed by atoms with van der Waals surface area (Å²) in [5.41, 5.74) is 0. The van der Waals surface area contributed by atoms with Crippen LogP contribution in [0.1, 0.15) is 0 Å². The zero-order chi connectivity index (χ0) is 8.74. The standard InChI is InChI=1S/C5H10N2O2S2/c1-10-4-3-7-11(8,9)5-2-6/h7H,3-5H2,1H3. The van der Waals surface area contributed by atoms with Crippen LogP contribution in [-0.4, -0.2) is 32.7 Å². The summed E-state index contributed by atoms with van der Waals surface area (Å²) in [6.07, 6.45) is 1.89. The molecule has 1 N–H and O–H groups in total. The Bertz CT molecular complexity index is 229. The summed E-state index contributed by atoms with van der Waals surface area (Å²) in [6, 6.07) is 1.58. The minimum Gasteiger partial charge on any atom is -0.214 e. The van der Waals surface area contributed by atoms with Crippen molar-refractivity contribution >= 4 is 21.8 Å². The second-order valence-electron chi connectivity index (χ2n) is 1.80. The first-order chi connectivity index (χ1) is 5.12. The Kier molecular flexibility index (Phi) is 5.28. The number of hydrogen-bond donors (Lipinski definition) is 1. The van der Waals surface area contributed by atoms with Crippen LogP contribution in [0.5, 0.6) is 0 Å². The van der Waals surface area contributed by atoms with Crippen LogP contribution in [0.2, 0.25) is 0 Å². The Morgan fingerprint density at radius 3 is 2.73 bits per heavy atom. The van der Waals surface area contributed by atoms with E-state index in [-0.39, 0.29) is 0 Å². The Balaban J connectivity index is 3.68. The van der Waals surface area contributed by atoms with Crippen LogP contribution in [0, 0.1) is 11.3 Å². The fourth-order valence-corrected chi connectivity index (χ4v) is 1.56. The average molecular weight is 194 g/mol. The molecule has 0 aliphatic carbocycles. The largest absolute Gasteiger partial charge is 0.225 e. The van der Waals surface area contributed by atoms with Crippen LogP contribution < -0.4 is 4.72 Å². The minimum atomic E-state index is -3.33. The smallest absolute Gasteiger partial charge is 0.214 e. The van der Waals surface area contributed by atoms with Crippen LogP contribution in [0.4, 0.5) is 0 Å². The molecule has 0 unspecified atom stereocenters. The monoisotopic (exact) mass is 194 g/mol. The number of nitrogens with one attached hydrogen (secondary N) is 1. The Hall–Kier alpha value is -0.250. The van der Waals surface area contributed by atoms with Gasteiger partial charge in [0, 0.05) is 12.3 Å². The highest BCUT2D eigenvalue weighted by Gasteiger charge is 2.06. The lowest BCUT2D eigenvalue weighted by Crippen LogP contribution is -2.27. The first-order valence-electron chi connectivity index (χ1n) is 2.95. The van der Waals surface area contributed by atoms with Gasteiger partial charge in [0.2, 0.25) is 10.0 Å². The summed E-state index contributed by atoms with van der Waals surface area (Å²) >= 11 is 1.55. The fraction of sp³-hybridized carbons (Fsp3) is 0.800. The van der Waals surface area contributed by atoms with E-state index in [1.165, 1.54) is 0 Å². The Morgan fingerprint density at radius 2 is 2.27 bits per heavy atom. The van der Waals surface area contributed by atoms with Crippen molar-refractivity contribution < 1.29 is 8.42 Å². The van der Waals surface area contributed by atoms with Crippen molar-refractivity contribution in [2.24, 2.45) is 0 Å². The highest BCUT2D eigenvalue weighted by molar-refractivity contribution is 7.98. The molecule has 0 aromatic carbocycles. The van der Waals surface area contributed by atoms with Gasteiger partial charge < -0.3 is 0 Å². The molecule has 6 heteroatoms. The molecule has 0 amide bonds. The highest BCUT2D eigenvalue weighted by atomic mass is 32.2. The molecule has 0 heterocycles. The van der Waals surface area contributed by atoms with Crippen LogP contribution in [-0.2, 0) is 10.0 Å². The zero-order valence-corrected chi connectivity index (χ0v) is 7.83. The van der Waals surface area contributed by atoms with E-state index in [0.29, 0.717) is 6.54 Å². The van der Waals surface area contributed by atoms with Crippen molar-refractivity contribution in [3.8, 4) is 6.07 Å². The predicted octanol–water partition coefficient (Wildman–Crippen LogP) is -0.208. The molecule has 0 spiro atoms. The Morgan fingerprint density at radius 1 is 1.64 bits per heavy atom. The summed E-state index contributed by atoms with van der Waals surface area (Å²) in [5.74, 6) is 0.270. The fourth-order valence-electron chi connectivity index (χ4n) is 0.435. The first-order valence-corrected chi connectivity index (χ1v) is 6.00. The molecule has 0 radical (unpaired) electrons. The molecule has 0 fully saturated rings. The number of hydrogen-bond acceptors (Lipinski definition) is 4. The van der Waals surface area contributed by atoms with Gasteiger partial charge in [-0.25, -0.2) is 13.1 Å². The predicted molar refractivity (Wildman–Crippen MR) is 45.8 cm³/mol. The summed E-state index contributed by atoms with van der Waals surface area (Å²) in [5, 5.41) is 8.08. The van der Waals surface area contributed by atoms with Gasteiger partial charge in [-0.15, -0.1) is 0 Å². The molecule has 4 nitrogen and oxygen atoms in total. The molecule has 0 saturated heterocycles. The SMILES string of the molecule is CSCCNS(=O)(=O)CC#N.